The number of amides is 2. The van der Waals surface area contributed by atoms with Crippen molar-refractivity contribution >= 4 is 12.0 Å². The molecule has 0 aliphatic carbocycles. The van der Waals surface area contributed by atoms with Crippen molar-refractivity contribution in [2.45, 2.75) is 38.3 Å². The molecule has 1 fully saturated rings. The average molecular weight is 287 g/mol. The molecule has 1 aliphatic heterocycles. The normalized spacial score (nSPS) is 23.2. The number of carbonyl (C=O) groups excluding carboxylic acids is 1. The highest BCUT2D eigenvalue weighted by Gasteiger charge is 2.29. The van der Waals surface area contributed by atoms with Gasteiger partial charge in [-0.15, -0.1) is 0 Å². The Balaban J connectivity index is 2.45. The lowest BCUT2D eigenvalue weighted by Crippen LogP contribution is -2.56. The van der Waals surface area contributed by atoms with Crippen LogP contribution in [-0.4, -0.2) is 76.9 Å². The second kappa shape index (κ2) is 6.90. The number of carboxylic acids is 1. The van der Waals surface area contributed by atoms with Crippen LogP contribution >= 0.6 is 0 Å². The fourth-order valence-electron chi connectivity index (χ4n) is 2.34. The molecule has 7 heteroatoms. The van der Waals surface area contributed by atoms with Gasteiger partial charge in [0.1, 0.15) is 0 Å². The summed E-state index contributed by atoms with van der Waals surface area (Å²) >= 11 is 0. The molecule has 7 nitrogen and oxygen atoms in total. The van der Waals surface area contributed by atoms with Crippen LogP contribution in [0.3, 0.4) is 0 Å². The molecule has 116 valence electrons. The van der Waals surface area contributed by atoms with E-state index in [0.29, 0.717) is 19.1 Å². The first-order chi connectivity index (χ1) is 9.25. The SMILES string of the molecule is CCC1CN(C(=O)NCC(C)(O)CC(=O)O)CCN1C. The zero-order valence-corrected chi connectivity index (χ0v) is 12.4. The highest BCUT2D eigenvalue weighted by molar-refractivity contribution is 5.74. The van der Waals surface area contributed by atoms with Gasteiger partial charge in [-0.2, -0.15) is 0 Å². The molecule has 1 saturated heterocycles. The second-order valence-corrected chi connectivity index (χ2v) is 5.71. The maximum atomic E-state index is 12.0. The van der Waals surface area contributed by atoms with Crippen LogP contribution in [0.2, 0.25) is 0 Å². The van der Waals surface area contributed by atoms with Crippen molar-refractivity contribution in [3.63, 3.8) is 0 Å². The molecule has 1 aliphatic rings. The van der Waals surface area contributed by atoms with Crippen LogP contribution in [0, 0.1) is 0 Å². The van der Waals surface area contributed by atoms with Gasteiger partial charge in [0, 0.05) is 32.2 Å². The van der Waals surface area contributed by atoms with Crippen molar-refractivity contribution in [2.75, 3.05) is 33.2 Å². The average Bonchev–Trinajstić information content (AvgIpc) is 2.35. The van der Waals surface area contributed by atoms with Crippen molar-refractivity contribution in [1.29, 1.82) is 0 Å². The minimum Gasteiger partial charge on any atom is -0.481 e. The first kappa shape index (κ1) is 16.7. The molecule has 2 atom stereocenters. The van der Waals surface area contributed by atoms with Crippen molar-refractivity contribution in [1.82, 2.24) is 15.1 Å². The van der Waals surface area contributed by atoms with Gasteiger partial charge in [0.05, 0.1) is 12.0 Å². The number of rotatable bonds is 5. The fraction of sp³-hybridized carbons (Fsp3) is 0.846. The summed E-state index contributed by atoms with van der Waals surface area (Å²) in [7, 11) is 2.04. The predicted octanol–water partition coefficient (Wildman–Crippen LogP) is -0.0523. The molecule has 20 heavy (non-hydrogen) atoms. The lowest BCUT2D eigenvalue weighted by atomic mass is 10.0. The Labute approximate surface area is 119 Å². The van der Waals surface area contributed by atoms with E-state index in [2.05, 4.69) is 17.1 Å². The van der Waals surface area contributed by atoms with Crippen LogP contribution in [-0.2, 0) is 4.79 Å². The molecule has 1 heterocycles. The summed E-state index contributed by atoms with van der Waals surface area (Å²) in [6, 6.07) is 0.0937. The van der Waals surface area contributed by atoms with Gasteiger partial charge in [-0.3, -0.25) is 9.69 Å². The molecule has 3 N–H and O–H groups in total. The number of urea groups is 1. The molecular formula is C13H25N3O4. The molecule has 2 amide bonds. The summed E-state index contributed by atoms with van der Waals surface area (Å²) < 4.78 is 0. The van der Waals surface area contributed by atoms with Gasteiger partial charge >= 0.3 is 12.0 Å². The number of carboxylic acid groups (broad SMARTS) is 1. The summed E-state index contributed by atoms with van der Waals surface area (Å²) in [4.78, 5) is 26.6. The third-order valence-electron chi connectivity index (χ3n) is 3.69. The van der Waals surface area contributed by atoms with E-state index in [4.69, 9.17) is 5.11 Å². The largest absolute Gasteiger partial charge is 0.481 e. The monoisotopic (exact) mass is 287 g/mol. The fourth-order valence-corrected chi connectivity index (χ4v) is 2.34. The lowest BCUT2D eigenvalue weighted by molar-refractivity contribution is -0.141. The lowest BCUT2D eigenvalue weighted by Gasteiger charge is -2.39. The maximum Gasteiger partial charge on any atom is 0.317 e. The number of carbonyl (C=O) groups is 2. The Morgan fingerprint density at radius 2 is 2.05 bits per heavy atom. The Morgan fingerprint density at radius 3 is 2.60 bits per heavy atom. The van der Waals surface area contributed by atoms with Crippen molar-refractivity contribution in [2.24, 2.45) is 0 Å². The van der Waals surface area contributed by atoms with Crippen molar-refractivity contribution in [3.8, 4) is 0 Å². The molecule has 0 aromatic carbocycles. The molecule has 0 saturated carbocycles. The van der Waals surface area contributed by atoms with Crippen molar-refractivity contribution in [3.05, 3.63) is 0 Å². The number of aliphatic carboxylic acids is 1. The molecule has 2 unspecified atom stereocenters. The third-order valence-corrected chi connectivity index (χ3v) is 3.69. The first-order valence-electron chi connectivity index (χ1n) is 6.92. The van der Waals surface area contributed by atoms with E-state index >= 15 is 0 Å². The number of hydrogen-bond acceptors (Lipinski definition) is 4. The quantitative estimate of drug-likeness (QED) is 0.659. The van der Waals surface area contributed by atoms with Crippen LogP contribution in [0.15, 0.2) is 0 Å². The van der Waals surface area contributed by atoms with Crippen LogP contribution in [0.4, 0.5) is 4.79 Å². The molecule has 1 rings (SSSR count). The molecule has 0 aromatic heterocycles. The standard InChI is InChI=1S/C13H25N3O4/c1-4-10-8-16(6-5-15(10)3)12(19)14-9-13(2,20)7-11(17)18/h10,20H,4-9H2,1-3H3,(H,14,19)(H,17,18). The Hall–Kier alpha value is -1.34. The van der Waals surface area contributed by atoms with Gasteiger partial charge < -0.3 is 20.4 Å². The van der Waals surface area contributed by atoms with Gasteiger partial charge in [-0.25, -0.2) is 4.79 Å². The van der Waals surface area contributed by atoms with E-state index in [-0.39, 0.29) is 12.6 Å². The van der Waals surface area contributed by atoms with E-state index in [1.165, 1.54) is 6.92 Å². The molecule has 0 spiro atoms. The van der Waals surface area contributed by atoms with Crippen LogP contribution < -0.4 is 5.32 Å². The predicted molar refractivity (Wildman–Crippen MR) is 74.6 cm³/mol. The third kappa shape index (κ3) is 4.97. The van der Waals surface area contributed by atoms with E-state index < -0.39 is 18.0 Å². The Morgan fingerprint density at radius 1 is 1.40 bits per heavy atom. The van der Waals surface area contributed by atoms with Gasteiger partial charge in [-0.1, -0.05) is 6.92 Å². The van der Waals surface area contributed by atoms with Crippen LogP contribution in [0.25, 0.3) is 0 Å². The summed E-state index contributed by atoms with van der Waals surface area (Å²) in [5.41, 5.74) is -1.43. The smallest absolute Gasteiger partial charge is 0.317 e. The number of aliphatic hydroxyl groups is 1. The summed E-state index contributed by atoms with van der Waals surface area (Å²) in [5, 5.41) is 21.1. The maximum absolute atomic E-state index is 12.0. The van der Waals surface area contributed by atoms with Gasteiger partial charge in [-0.05, 0) is 20.4 Å². The van der Waals surface area contributed by atoms with Gasteiger partial charge in [0.2, 0.25) is 0 Å². The molecule has 0 aromatic rings. The summed E-state index contributed by atoms with van der Waals surface area (Å²) in [6.07, 6.45) is 0.574. The number of hydrogen-bond donors (Lipinski definition) is 3. The highest BCUT2D eigenvalue weighted by atomic mass is 16.4. The zero-order chi connectivity index (χ0) is 15.3. The summed E-state index contributed by atoms with van der Waals surface area (Å²) in [6.45, 7) is 5.53. The Bertz CT molecular complexity index is 360. The number of piperazine rings is 1. The van der Waals surface area contributed by atoms with Crippen LogP contribution in [0.1, 0.15) is 26.7 Å². The van der Waals surface area contributed by atoms with E-state index in [1.54, 1.807) is 4.90 Å². The number of nitrogens with one attached hydrogen (secondary N) is 1. The van der Waals surface area contributed by atoms with Gasteiger partial charge in [0.15, 0.2) is 0 Å². The number of likely N-dealkylation sites (N-methyl/N-ethyl adjacent to an activating group) is 1. The van der Waals surface area contributed by atoms with Crippen molar-refractivity contribution < 1.29 is 19.8 Å². The Kier molecular flexibility index (Phi) is 5.76. The molecular weight excluding hydrogens is 262 g/mol. The van der Waals surface area contributed by atoms with Crippen LogP contribution in [0.5, 0.6) is 0 Å². The molecule has 0 radical (unpaired) electrons. The topological polar surface area (TPSA) is 93.1 Å². The molecule has 0 bridgehead atoms. The zero-order valence-electron chi connectivity index (χ0n) is 12.4. The van der Waals surface area contributed by atoms with E-state index in [0.717, 1.165) is 13.0 Å². The highest BCUT2D eigenvalue weighted by Crippen LogP contribution is 2.12. The number of nitrogens with zero attached hydrogens (tertiary/aromatic N) is 2. The van der Waals surface area contributed by atoms with E-state index in [9.17, 15) is 14.7 Å². The summed E-state index contributed by atoms with van der Waals surface area (Å²) in [5.74, 6) is -1.09. The van der Waals surface area contributed by atoms with Gasteiger partial charge in [0.25, 0.3) is 0 Å². The minimum absolute atomic E-state index is 0.0682. The van der Waals surface area contributed by atoms with E-state index in [1.807, 2.05) is 7.05 Å². The first-order valence-corrected chi connectivity index (χ1v) is 6.92. The second-order valence-electron chi connectivity index (χ2n) is 5.71. The minimum atomic E-state index is -1.43.